The first-order valence-electron chi connectivity index (χ1n) is 11.5. The van der Waals surface area contributed by atoms with Crippen LogP contribution in [-0.2, 0) is 26.0 Å². The van der Waals surface area contributed by atoms with E-state index in [1.165, 1.54) is 4.90 Å². The molecule has 0 aromatic heterocycles. The number of anilines is 1. The van der Waals surface area contributed by atoms with Crippen LogP contribution in [0.1, 0.15) is 38.7 Å². The summed E-state index contributed by atoms with van der Waals surface area (Å²) in [6.45, 7) is 4.40. The minimum absolute atomic E-state index is 0.211. The third kappa shape index (κ3) is 8.57. The molecule has 9 heteroatoms. The highest BCUT2D eigenvalue weighted by Gasteiger charge is 2.31. The summed E-state index contributed by atoms with van der Waals surface area (Å²) >= 11 is 2.14. The Morgan fingerprint density at radius 3 is 2.24 bits per heavy atom. The predicted molar refractivity (Wildman–Crippen MR) is 145 cm³/mol. The van der Waals surface area contributed by atoms with Crippen LogP contribution in [0.15, 0.2) is 54.6 Å². The lowest BCUT2D eigenvalue weighted by molar-refractivity contribution is -0.139. The fourth-order valence-electron chi connectivity index (χ4n) is 3.62. The van der Waals surface area contributed by atoms with Gasteiger partial charge in [-0.05, 0) is 71.7 Å². The van der Waals surface area contributed by atoms with Crippen LogP contribution >= 0.6 is 22.6 Å². The number of carbonyl (C=O) groups excluding carboxylic acids is 2. The summed E-state index contributed by atoms with van der Waals surface area (Å²) in [5.74, 6) is -0.616. The van der Waals surface area contributed by atoms with E-state index in [1.54, 1.807) is 24.3 Å². The zero-order valence-corrected chi connectivity index (χ0v) is 23.0. The Balaban J connectivity index is 2.31. The van der Waals surface area contributed by atoms with E-state index < -0.39 is 22.0 Å². The average Bonchev–Trinajstić information content (AvgIpc) is 2.80. The summed E-state index contributed by atoms with van der Waals surface area (Å²) in [6, 6.07) is 16.0. The third-order valence-corrected chi connectivity index (χ3v) is 7.35. The van der Waals surface area contributed by atoms with Crippen molar-refractivity contribution in [1.82, 2.24) is 10.2 Å². The molecule has 0 spiro atoms. The lowest BCUT2D eigenvalue weighted by Gasteiger charge is -2.33. The van der Waals surface area contributed by atoms with Crippen LogP contribution in [0.4, 0.5) is 5.69 Å². The Labute approximate surface area is 217 Å². The largest absolute Gasteiger partial charge is 0.354 e. The number of amides is 2. The molecule has 2 amide bonds. The quantitative estimate of drug-likeness (QED) is 0.280. The Kier molecular flexibility index (Phi) is 11.3. The van der Waals surface area contributed by atoms with Gasteiger partial charge in [0.05, 0.1) is 11.9 Å². The van der Waals surface area contributed by atoms with Crippen molar-refractivity contribution in [3.63, 3.8) is 0 Å². The molecule has 1 atom stereocenters. The van der Waals surface area contributed by atoms with Crippen molar-refractivity contribution in [1.29, 1.82) is 0 Å². The summed E-state index contributed by atoms with van der Waals surface area (Å²) in [4.78, 5) is 28.0. The molecule has 0 saturated carbocycles. The van der Waals surface area contributed by atoms with Gasteiger partial charge in [-0.25, -0.2) is 8.42 Å². The molecule has 34 heavy (non-hydrogen) atoms. The molecule has 2 aromatic rings. The van der Waals surface area contributed by atoms with Crippen molar-refractivity contribution in [2.24, 2.45) is 0 Å². The highest BCUT2D eigenvalue weighted by molar-refractivity contribution is 14.1. The average molecular weight is 600 g/mol. The van der Waals surface area contributed by atoms with Gasteiger partial charge in [-0.15, -0.1) is 0 Å². The molecule has 0 radical (unpaired) electrons. The highest BCUT2D eigenvalue weighted by atomic mass is 127. The lowest BCUT2D eigenvalue weighted by atomic mass is 10.1. The number of halogens is 1. The van der Waals surface area contributed by atoms with Gasteiger partial charge in [-0.2, -0.15) is 0 Å². The zero-order chi connectivity index (χ0) is 25.1. The number of hydrogen-bond acceptors (Lipinski definition) is 4. The van der Waals surface area contributed by atoms with Crippen molar-refractivity contribution in [3.05, 3.63) is 63.7 Å². The van der Waals surface area contributed by atoms with E-state index >= 15 is 0 Å². The topological polar surface area (TPSA) is 86.8 Å². The van der Waals surface area contributed by atoms with Gasteiger partial charge in [0, 0.05) is 16.7 Å². The Hall–Kier alpha value is -2.14. The molecule has 0 heterocycles. The molecule has 0 unspecified atom stereocenters. The first-order chi connectivity index (χ1) is 16.2. The first-order valence-corrected chi connectivity index (χ1v) is 14.4. The van der Waals surface area contributed by atoms with Crippen LogP contribution < -0.4 is 9.62 Å². The standard InChI is InChI=1S/C25H34IN3O4S/c1-4-6-17-27-25(31)23(5-2)28(18-16-20-10-8-7-9-11-20)24(30)19-29(34(3,32)33)22-14-12-21(26)13-15-22/h7-15,23H,4-6,16-19H2,1-3H3,(H,27,31)/t23-/m1/s1. The maximum atomic E-state index is 13.5. The molecule has 0 bridgehead atoms. The van der Waals surface area contributed by atoms with Crippen molar-refractivity contribution in [3.8, 4) is 0 Å². The summed E-state index contributed by atoms with van der Waals surface area (Å²) in [5, 5.41) is 2.92. The van der Waals surface area contributed by atoms with Crippen molar-refractivity contribution < 1.29 is 18.0 Å². The van der Waals surface area contributed by atoms with Gasteiger partial charge in [0.2, 0.25) is 21.8 Å². The molecule has 0 aliphatic carbocycles. The molecular formula is C25H34IN3O4S. The van der Waals surface area contributed by atoms with E-state index in [4.69, 9.17) is 0 Å². The minimum atomic E-state index is -3.71. The predicted octanol–water partition coefficient (Wildman–Crippen LogP) is 3.82. The minimum Gasteiger partial charge on any atom is -0.354 e. The van der Waals surface area contributed by atoms with Gasteiger partial charge < -0.3 is 10.2 Å². The number of unbranched alkanes of at least 4 members (excludes halogenated alkanes) is 1. The van der Waals surface area contributed by atoms with E-state index in [0.29, 0.717) is 31.6 Å². The van der Waals surface area contributed by atoms with Gasteiger partial charge in [0.15, 0.2) is 0 Å². The van der Waals surface area contributed by atoms with Crippen LogP contribution in [0.2, 0.25) is 0 Å². The monoisotopic (exact) mass is 599 g/mol. The lowest BCUT2D eigenvalue weighted by Crippen LogP contribution is -2.53. The normalized spacial score (nSPS) is 12.1. The van der Waals surface area contributed by atoms with Gasteiger partial charge in [-0.3, -0.25) is 13.9 Å². The molecule has 2 aromatic carbocycles. The van der Waals surface area contributed by atoms with Crippen LogP contribution in [0, 0.1) is 3.57 Å². The Morgan fingerprint density at radius 1 is 1.03 bits per heavy atom. The van der Waals surface area contributed by atoms with Crippen molar-refractivity contribution in [2.75, 3.05) is 30.2 Å². The molecule has 0 aliphatic rings. The van der Waals surface area contributed by atoms with Crippen molar-refractivity contribution >= 4 is 50.1 Å². The van der Waals surface area contributed by atoms with Crippen LogP contribution in [-0.4, -0.2) is 57.1 Å². The van der Waals surface area contributed by atoms with Crippen LogP contribution in [0.25, 0.3) is 0 Å². The van der Waals surface area contributed by atoms with Gasteiger partial charge in [0.1, 0.15) is 12.6 Å². The first kappa shape index (κ1) is 28.1. The second kappa shape index (κ2) is 13.7. The second-order valence-electron chi connectivity index (χ2n) is 8.14. The van der Waals surface area contributed by atoms with E-state index in [9.17, 15) is 18.0 Å². The fraction of sp³-hybridized carbons (Fsp3) is 0.440. The number of carbonyl (C=O) groups is 2. The Bertz CT molecular complexity index is 1030. The van der Waals surface area contributed by atoms with Crippen LogP contribution in [0.5, 0.6) is 0 Å². The van der Waals surface area contributed by atoms with E-state index in [0.717, 1.165) is 32.5 Å². The summed E-state index contributed by atoms with van der Waals surface area (Å²) < 4.78 is 27.2. The Morgan fingerprint density at radius 2 is 1.68 bits per heavy atom. The number of benzene rings is 2. The molecule has 0 fully saturated rings. The second-order valence-corrected chi connectivity index (χ2v) is 11.3. The van der Waals surface area contributed by atoms with Crippen molar-refractivity contribution in [2.45, 2.75) is 45.6 Å². The zero-order valence-electron chi connectivity index (χ0n) is 20.0. The van der Waals surface area contributed by atoms with Gasteiger partial charge in [0.25, 0.3) is 0 Å². The van der Waals surface area contributed by atoms with Gasteiger partial charge in [-0.1, -0.05) is 50.6 Å². The molecule has 7 nitrogen and oxygen atoms in total. The molecule has 1 N–H and O–H groups in total. The third-order valence-electron chi connectivity index (χ3n) is 5.49. The van der Waals surface area contributed by atoms with Gasteiger partial charge >= 0.3 is 0 Å². The maximum absolute atomic E-state index is 13.5. The summed E-state index contributed by atoms with van der Waals surface area (Å²) in [6.07, 6.45) is 3.89. The number of nitrogens with one attached hydrogen (secondary N) is 1. The molecule has 186 valence electrons. The van der Waals surface area contributed by atoms with Crippen LogP contribution in [0.3, 0.4) is 0 Å². The highest BCUT2D eigenvalue weighted by Crippen LogP contribution is 2.20. The molecule has 0 saturated heterocycles. The molecular weight excluding hydrogens is 565 g/mol. The number of sulfonamides is 1. The summed E-state index contributed by atoms with van der Waals surface area (Å²) in [5.41, 5.74) is 1.46. The van der Waals surface area contributed by atoms with E-state index in [-0.39, 0.29) is 12.5 Å². The summed E-state index contributed by atoms with van der Waals surface area (Å²) in [7, 11) is -3.71. The number of rotatable bonds is 13. The van der Waals surface area contributed by atoms with E-state index in [2.05, 4.69) is 27.9 Å². The SMILES string of the molecule is CCCCNC(=O)[C@@H](CC)N(CCc1ccccc1)C(=O)CN(c1ccc(I)cc1)S(C)(=O)=O. The van der Waals surface area contributed by atoms with E-state index in [1.807, 2.05) is 44.2 Å². The maximum Gasteiger partial charge on any atom is 0.244 e. The number of hydrogen-bond donors (Lipinski definition) is 1. The molecule has 2 rings (SSSR count). The molecule has 0 aliphatic heterocycles. The fourth-order valence-corrected chi connectivity index (χ4v) is 4.83. The smallest absolute Gasteiger partial charge is 0.244 e. The number of nitrogens with zero attached hydrogens (tertiary/aromatic N) is 2.